The van der Waals surface area contributed by atoms with Crippen molar-refractivity contribution in [2.45, 2.75) is 26.7 Å². The molecule has 6 nitrogen and oxygen atoms in total. The van der Waals surface area contributed by atoms with Crippen LogP contribution in [0.2, 0.25) is 5.02 Å². The van der Waals surface area contributed by atoms with E-state index in [0.29, 0.717) is 17.5 Å². The van der Waals surface area contributed by atoms with E-state index in [2.05, 4.69) is 48.1 Å². The number of nitrogens with one attached hydrogen (secondary N) is 1. The molecular formula is C27H36ClN5O. The molecule has 0 aliphatic carbocycles. The topological polar surface area (TPSA) is 51.2 Å². The van der Waals surface area contributed by atoms with Gasteiger partial charge in [-0.1, -0.05) is 49.7 Å². The number of urea groups is 1. The third-order valence-electron chi connectivity index (χ3n) is 6.62. The summed E-state index contributed by atoms with van der Waals surface area (Å²) in [5.41, 5.74) is 4.07. The standard InChI is InChI=1S/C27H36ClN5O/c1-20(2)18-21-4-10-25(11-5-21)29-27(34)33-19-23(12-13-32-16-14-31(3)15-17-32)26(30-33)22-6-8-24(28)9-7-22/h4-11,20,23H,12-19H2,1-3H3,(H,29,34). The second kappa shape index (κ2) is 11.3. The van der Waals surface area contributed by atoms with Gasteiger partial charge < -0.3 is 15.1 Å². The van der Waals surface area contributed by atoms with Crippen molar-refractivity contribution >= 4 is 29.0 Å². The number of carbonyl (C=O) groups excluding carboxylic acids is 1. The number of carbonyl (C=O) groups is 1. The van der Waals surface area contributed by atoms with Crippen molar-refractivity contribution in [3.8, 4) is 0 Å². The molecule has 1 fully saturated rings. The lowest BCUT2D eigenvalue weighted by Gasteiger charge is -2.33. The number of benzene rings is 2. The molecule has 1 unspecified atom stereocenters. The fourth-order valence-electron chi connectivity index (χ4n) is 4.61. The molecule has 2 aromatic carbocycles. The zero-order valence-corrected chi connectivity index (χ0v) is 21.3. The van der Waals surface area contributed by atoms with Crippen molar-refractivity contribution in [2.24, 2.45) is 16.9 Å². The first-order valence-corrected chi connectivity index (χ1v) is 12.7. The van der Waals surface area contributed by atoms with Crippen molar-refractivity contribution < 1.29 is 4.79 Å². The molecule has 0 spiro atoms. The van der Waals surface area contributed by atoms with Crippen LogP contribution in [0.25, 0.3) is 0 Å². The van der Waals surface area contributed by atoms with Crippen molar-refractivity contribution in [3.05, 3.63) is 64.7 Å². The maximum Gasteiger partial charge on any atom is 0.342 e. The van der Waals surface area contributed by atoms with Gasteiger partial charge in [-0.25, -0.2) is 9.80 Å². The molecule has 7 heteroatoms. The van der Waals surface area contributed by atoms with E-state index in [9.17, 15) is 4.79 Å². The van der Waals surface area contributed by atoms with E-state index in [1.807, 2.05) is 36.4 Å². The Balaban J connectivity index is 1.43. The summed E-state index contributed by atoms with van der Waals surface area (Å²) in [6, 6.07) is 15.7. The SMILES string of the molecule is CC(C)Cc1ccc(NC(=O)N2CC(CCN3CCN(C)CC3)C(c3ccc(Cl)cc3)=N2)cc1. The van der Waals surface area contributed by atoms with Crippen LogP contribution in [0.3, 0.4) is 0 Å². The third-order valence-corrected chi connectivity index (χ3v) is 6.87. The maximum atomic E-state index is 13.1. The summed E-state index contributed by atoms with van der Waals surface area (Å²) in [4.78, 5) is 18.0. The first kappa shape index (κ1) is 24.7. The number of amides is 2. The highest BCUT2D eigenvalue weighted by atomic mass is 35.5. The number of piperazine rings is 1. The normalized spacial score (nSPS) is 19.5. The molecule has 2 heterocycles. The predicted octanol–water partition coefficient (Wildman–Crippen LogP) is 5.04. The molecule has 2 amide bonds. The number of rotatable bonds is 7. The van der Waals surface area contributed by atoms with Gasteiger partial charge in [-0.2, -0.15) is 5.10 Å². The van der Waals surface area contributed by atoms with Gasteiger partial charge in [0.25, 0.3) is 0 Å². The van der Waals surface area contributed by atoms with Gasteiger partial charge >= 0.3 is 6.03 Å². The minimum absolute atomic E-state index is 0.190. The summed E-state index contributed by atoms with van der Waals surface area (Å²) >= 11 is 6.11. The van der Waals surface area contributed by atoms with E-state index in [1.165, 1.54) is 5.56 Å². The Hall–Kier alpha value is -2.41. The second-order valence-corrected chi connectivity index (χ2v) is 10.4. The zero-order chi connectivity index (χ0) is 24.1. The molecule has 4 rings (SSSR count). The van der Waals surface area contributed by atoms with E-state index in [1.54, 1.807) is 5.01 Å². The fraction of sp³-hybridized carbons (Fsp3) is 0.481. The molecule has 182 valence electrons. The quantitative estimate of drug-likeness (QED) is 0.602. The molecule has 0 radical (unpaired) electrons. The summed E-state index contributed by atoms with van der Waals surface area (Å²) in [6.07, 6.45) is 2.00. The van der Waals surface area contributed by atoms with Gasteiger partial charge in [0.05, 0.1) is 12.3 Å². The molecule has 34 heavy (non-hydrogen) atoms. The molecular weight excluding hydrogens is 446 g/mol. The van der Waals surface area contributed by atoms with Gasteiger partial charge in [0, 0.05) is 42.8 Å². The fourth-order valence-corrected chi connectivity index (χ4v) is 4.74. The Morgan fingerprint density at radius 3 is 2.38 bits per heavy atom. The van der Waals surface area contributed by atoms with Gasteiger partial charge in [0.2, 0.25) is 0 Å². The van der Waals surface area contributed by atoms with Gasteiger partial charge in [-0.15, -0.1) is 0 Å². The van der Waals surface area contributed by atoms with E-state index >= 15 is 0 Å². The molecule has 2 aliphatic heterocycles. The maximum absolute atomic E-state index is 13.1. The summed E-state index contributed by atoms with van der Waals surface area (Å²) in [5.74, 6) is 0.799. The lowest BCUT2D eigenvalue weighted by molar-refractivity contribution is 0.148. The largest absolute Gasteiger partial charge is 0.342 e. The molecule has 0 saturated carbocycles. The number of hydrazone groups is 1. The molecule has 0 aromatic heterocycles. The summed E-state index contributed by atoms with van der Waals surface area (Å²) in [7, 11) is 2.17. The van der Waals surface area contributed by atoms with E-state index in [4.69, 9.17) is 16.7 Å². The zero-order valence-electron chi connectivity index (χ0n) is 20.5. The van der Waals surface area contributed by atoms with Crippen LogP contribution in [0, 0.1) is 11.8 Å². The third kappa shape index (κ3) is 6.59. The monoisotopic (exact) mass is 481 g/mol. The van der Waals surface area contributed by atoms with Crippen LogP contribution in [0.15, 0.2) is 53.6 Å². The Bertz CT molecular complexity index is 981. The average molecular weight is 482 g/mol. The van der Waals surface area contributed by atoms with Crippen LogP contribution in [-0.2, 0) is 6.42 Å². The van der Waals surface area contributed by atoms with Crippen LogP contribution in [-0.4, -0.2) is 72.9 Å². The number of halogens is 1. The van der Waals surface area contributed by atoms with Crippen molar-refractivity contribution in [1.82, 2.24) is 14.8 Å². The summed E-state index contributed by atoms with van der Waals surface area (Å²) in [6.45, 7) is 10.4. The highest BCUT2D eigenvalue weighted by Gasteiger charge is 2.31. The van der Waals surface area contributed by atoms with E-state index in [-0.39, 0.29) is 11.9 Å². The van der Waals surface area contributed by atoms with Crippen LogP contribution in [0.4, 0.5) is 10.5 Å². The van der Waals surface area contributed by atoms with Gasteiger partial charge in [0.15, 0.2) is 0 Å². The van der Waals surface area contributed by atoms with Crippen LogP contribution in [0.1, 0.15) is 31.4 Å². The number of anilines is 1. The van der Waals surface area contributed by atoms with Crippen molar-refractivity contribution in [3.63, 3.8) is 0 Å². The Morgan fingerprint density at radius 1 is 1.06 bits per heavy atom. The molecule has 0 bridgehead atoms. The Kier molecular flexibility index (Phi) is 8.24. The first-order chi connectivity index (χ1) is 16.4. The number of hydrogen-bond donors (Lipinski definition) is 1. The molecule has 2 aliphatic rings. The molecule has 1 saturated heterocycles. The van der Waals surface area contributed by atoms with Gasteiger partial charge in [0.1, 0.15) is 0 Å². The predicted molar refractivity (Wildman–Crippen MR) is 141 cm³/mol. The number of hydrogen-bond acceptors (Lipinski definition) is 4. The smallest absolute Gasteiger partial charge is 0.306 e. The van der Waals surface area contributed by atoms with E-state index in [0.717, 1.165) is 62.5 Å². The Labute approximate surface area is 208 Å². The number of nitrogens with zero attached hydrogens (tertiary/aromatic N) is 4. The van der Waals surface area contributed by atoms with Gasteiger partial charge in [-0.3, -0.25) is 0 Å². The van der Waals surface area contributed by atoms with Crippen LogP contribution >= 0.6 is 11.6 Å². The minimum Gasteiger partial charge on any atom is -0.306 e. The highest BCUT2D eigenvalue weighted by molar-refractivity contribution is 6.30. The second-order valence-electron chi connectivity index (χ2n) is 9.93. The molecule has 1 N–H and O–H groups in total. The molecule has 2 aromatic rings. The highest BCUT2D eigenvalue weighted by Crippen LogP contribution is 2.25. The lowest BCUT2D eigenvalue weighted by atomic mass is 9.94. The van der Waals surface area contributed by atoms with Gasteiger partial charge in [-0.05, 0) is 67.7 Å². The average Bonchev–Trinajstić information content (AvgIpc) is 3.25. The Morgan fingerprint density at radius 2 is 1.74 bits per heavy atom. The molecule has 1 atom stereocenters. The van der Waals surface area contributed by atoms with E-state index < -0.39 is 0 Å². The number of likely N-dealkylation sites (N-methyl/N-ethyl adjacent to an activating group) is 1. The van der Waals surface area contributed by atoms with Crippen molar-refractivity contribution in [1.29, 1.82) is 0 Å². The minimum atomic E-state index is -0.190. The van der Waals surface area contributed by atoms with Crippen molar-refractivity contribution in [2.75, 3.05) is 51.6 Å². The lowest BCUT2D eigenvalue weighted by Crippen LogP contribution is -2.45. The van der Waals surface area contributed by atoms with Crippen LogP contribution in [0.5, 0.6) is 0 Å². The van der Waals surface area contributed by atoms with Crippen LogP contribution < -0.4 is 5.32 Å². The summed E-state index contributed by atoms with van der Waals surface area (Å²) < 4.78 is 0. The summed E-state index contributed by atoms with van der Waals surface area (Å²) in [5, 5.41) is 10.1. The first-order valence-electron chi connectivity index (χ1n) is 12.3.